The van der Waals surface area contributed by atoms with Crippen molar-refractivity contribution in [2.45, 2.75) is 246 Å². The molecule has 0 saturated carbocycles. The summed E-state index contributed by atoms with van der Waals surface area (Å²) in [5.74, 6) is 1.67. The van der Waals surface area contributed by atoms with Crippen molar-refractivity contribution in [3.05, 3.63) is 359 Å². The number of benzene rings is 11. The molecule has 2 fully saturated rings. The quantitative estimate of drug-likeness (QED) is 0.0316. The molecule has 0 bridgehead atoms. The summed E-state index contributed by atoms with van der Waals surface area (Å²) in [5.41, 5.74) is 16.4. The van der Waals surface area contributed by atoms with Gasteiger partial charge in [-0.05, 0) is 161 Å². The Morgan fingerprint density at radius 3 is 0.817 bits per heavy atom. The van der Waals surface area contributed by atoms with E-state index in [2.05, 4.69) is 455 Å². The van der Waals surface area contributed by atoms with E-state index in [9.17, 15) is 12.9 Å². The van der Waals surface area contributed by atoms with Crippen molar-refractivity contribution in [3.8, 4) is 0 Å². The van der Waals surface area contributed by atoms with Crippen molar-refractivity contribution in [1.82, 2.24) is 0 Å². The molecule has 0 aliphatic carbocycles. The first-order valence-electron chi connectivity index (χ1n) is 44.6. The fourth-order valence-electron chi connectivity index (χ4n) is 17.7. The van der Waals surface area contributed by atoms with Crippen LogP contribution >= 0.6 is 54.6 Å². The molecule has 0 N–H and O–H groups in total. The number of hydrogen-bond acceptors (Lipinski definition) is 2. The maximum absolute atomic E-state index is 9.67. The van der Waals surface area contributed by atoms with Gasteiger partial charge in [0.05, 0.1) is 15.8 Å². The molecule has 11 aromatic carbocycles. The molecule has 4 nitrogen and oxygen atoms in total. The number of para-hydroxylation sites is 3. The fourth-order valence-corrected chi connectivity index (χ4v) is 34.6. The third-order valence-electron chi connectivity index (χ3n) is 21.5. The molecular weight excluding hydrogens is 1950 g/mol. The van der Waals surface area contributed by atoms with E-state index < -0.39 is 66.9 Å². The summed E-state index contributed by atoms with van der Waals surface area (Å²) in [6.07, 6.45) is 6.03. The molecule has 11 aromatic rings. The van der Waals surface area contributed by atoms with Crippen LogP contribution in [0.5, 0.6) is 0 Å². The van der Waals surface area contributed by atoms with Crippen LogP contribution in [0.3, 0.4) is 0 Å². The van der Waals surface area contributed by atoms with Crippen molar-refractivity contribution in [3.63, 3.8) is 0 Å². The van der Waals surface area contributed by atoms with Gasteiger partial charge in [-0.15, -0.1) is 10.8 Å². The van der Waals surface area contributed by atoms with Crippen LogP contribution in [0.1, 0.15) is 214 Å². The van der Waals surface area contributed by atoms with Crippen LogP contribution in [0, 0.1) is 50.1 Å². The maximum Gasteiger partial charge on any atom is 1.00 e. The Kier molecular flexibility index (Phi) is 50.9. The third kappa shape index (κ3) is 41.0. The molecule has 14 rings (SSSR count). The van der Waals surface area contributed by atoms with Crippen molar-refractivity contribution in [2.24, 2.45) is 16.2 Å². The van der Waals surface area contributed by atoms with Gasteiger partial charge in [-0.1, -0.05) is 323 Å². The minimum Gasteiger partial charge on any atom is -1.00 e. The summed E-state index contributed by atoms with van der Waals surface area (Å²) in [6, 6.07) is 105. The van der Waals surface area contributed by atoms with Gasteiger partial charge in [0, 0.05) is 59.3 Å². The Morgan fingerprint density at radius 2 is 0.618 bits per heavy atom. The Balaban J connectivity index is 0.000000387. The van der Waals surface area contributed by atoms with Crippen LogP contribution in [0.4, 0.5) is 30.0 Å². The predicted octanol–water partition coefficient (Wildman–Crippen LogP) is 26.1. The van der Waals surface area contributed by atoms with Crippen LogP contribution in [0.15, 0.2) is 297 Å². The van der Waals surface area contributed by atoms with Gasteiger partial charge in [0.2, 0.25) is 5.69 Å². The van der Waals surface area contributed by atoms with Crippen molar-refractivity contribution < 1.29 is 68.1 Å². The summed E-state index contributed by atoms with van der Waals surface area (Å²) in [7, 11) is 15.0. The fraction of sp³-hybridized carbons (Fsp3) is 0.360. The zero-order chi connectivity index (χ0) is 95.2. The van der Waals surface area contributed by atoms with Crippen molar-refractivity contribution >= 4 is 143 Å². The molecule has 3 heterocycles. The zero-order valence-electron chi connectivity index (χ0n) is 82.6. The average molecular weight is 2100 g/mol. The second-order valence-corrected chi connectivity index (χ2v) is 66.0. The molecule has 0 aromatic heterocycles. The van der Waals surface area contributed by atoms with E-state index in [1.165, 1.54) is 102 Å². The second-order valence-electron chi connectivity index (χ2n) is 40.0. The largest absolute Gasteiger partial charge is 1.00 e. The summed E-state index contributed by atoms with van der Waals surface area (Å²) in [4.78, 5) is 5.05. The van der Waals surface area contributed by atoms with Gasteiger partial charge < -0.3 is 19.2 Å². The molecule has 0 spiro atoms. The summed E-state index contributed by atoms with van der Waals surface area (Å²) in [5, 5.41) is 8.61. The number of halogens is 8. The molecule has 708 valence electrons. The van der Waals surface area contributed by atoms with Crippen LogP contribution in [-0.2, 0) is 27.0 Å². The van der Waals surface area contributed by atoms with Gasteiger partial charge in [0.25, 0.3) is 0 Å². The first-order valence-corrected chi connectivity index (χ1v) is 65.4. The molecule has 0 amide bonds. The molecule has 131 heavy (non-hydrogen) atoms. The minimum atomic E-state index is -3.67. The topological polar surface area (TPSA) is 23.6 Å². The Bertz CT molecular complexity index is 4760. The standard InChI is InChI=1S/3C18H28N.2C18H15P.2C7H6.C6H18NSi2.CH4.BF3.4ClH.FH.Li.2Ru/c3*1-13(2)15-10-8-9-14(3)16(15)19-12-17(4,5)11-18(19,6)7;2*1-4-10-16(11-5-1)19(17-12-6-2-7-13-17)18-14-8-3-9-15-18;2*1-7-5-3-2-4-6-7;1-8(2,3)7-9(4,5)6;;2-1(3)4;;;;;;;;/h3*8-10,12-13H,11H2,1-7H3;2*1-15H;2*1-6H;1-6H3;1H4;;5*1H;;;/q2*-1;+1;;;;;-1;;;;;;;;+1;2*+2/p-3. The second kappa shape index (κ2) is 55.8. The molecular formula is C111H150BCl4F4LiN4P2Ru2Si2. The maximum atomic E-state index is 9.67. The number of nitrogens with zero attached hydrogens (tertiary/aromatic N) is 4. The van der Waals surface area contributed by atoms with E-state index in [0.29, 0.717) is 17.8 Å². The zero-order valence-corrected chi connectivity index (χ0v) is 93.1. The third-order valence-corrected chi connectivity index (χ3v) is 36.1. The molecule has 0 radical (unpaired) electrons. The molecule has 3 aliphatic heterocycles. The van der Waals surface area contributed by atoms with Crippen molar-refractivity contribution in [1.29, 1.82) is 0 Å². The first kappa shape index (κ1) is 120. The number of aryl methyl sites for hydroxylation is 3. The van der Waals surface area contributed by atoms with Crippen LogP contribution in [-0.4, -0.2) is 60.6 Å². The van der Waals surface area contributed by atoms with E-state index in [0.717, 1.165) is 11.1 Å². The van der Waals surface area contributed by atoms with Gasteiger partial charge in [0.15, 0.2) is 11.8 Å². The van der Waals surface area contributed by atoms with Gasteiger partial charge >= 0.3 is 173 Å². The Hall–Kier alpha value is -5.53. The van der Waals surface area contributed by atoms with E-state index in [1.807, 2.05) is 69.9 Å². The monoisotopic (exact) mass is 2090 g/mol. The summed E-state index contributed by atoms with van der Waals surface area (Å²) >= 11 is -3.23. The van der Waals surface area contributed by atoms with E-state index in [4.69, 9.17) is 43.4 Å². The Morgan fingerprint density at radius 1 is 0.382 bits per heavy atom. The molecule has 20 heteroatoms. The average Bonchev–Trinajstić information content (AvgIpc) is 1.62. The van der Waals surface area contributed by atoms with Gasteiger partial charge in [0.1, 0.15) is 31.8 Å². The molecule has 0 unspecified atom stereocenters. The first-order chi connectivity index (χ1) is 59.8. The van der Waals surface area contributed by atoms with Crippen LogP contribution < -0.4 is 65.2 Å². The smallest absolute Gasteiger partial charge is 1.00 e. The van der Waals surface area contributed by atoms with Crippen molar-refractivity contribution in [2.75, 3.05) is 9.80 Å². The van der Waals surface area contributed by atoms with E-state index in [-0.39, 0.29) is 63.9 Å². The Labute approximate surface area is 834 Å². The summed E-state index contributed by atoms with van der Waals surface area (Å²) in [6.45, 7) is 67.2. The van der Waals surface area contributed by atoms with Gasteiger partial charge in [-0.2, -0.15) is 4.58 Å². The summed E-state index contributed by atoms with van der Waals surface area (Å²) < 4.78 is 40.2. The normalized spacial score (nSPS) is 15.0. The number of rotatable bonds is 16. The van der Waals surface area contributed by atoms with Gasteiger partial charge in [-0.25, -0.2) is 13.1 Å². The van der Waals surface area contributed by atoms with Gasteiger partial charge in [-0.3, -0.25) is 12.9 Å². The van der Waals surface area contributed by atoms with Crippen LogP contribution in [0.2, 0.25) is 39.3 Å². The number of anilines is 2. The predicted molar refractivity (Wildman–Crippen MR) is 578 cm³/mol. The molecule has 3 aliphatic rings. The van der Waals surface area contributed by atoms with Crippen LogP contribution in [0.25, 0.3) is 4.65 Å². The van der Waals surface area contributed by atoms with E-state index >= 15 is 0 Å². The SMILES string of the molecule is C.C[Si](C)(C)[N-][Si](C)(C)C.Cc1cccc(C(C)C)c1N1[CH-]C(C)(C)CC1(C)C.Cc1cccc(C(C)C)c1N1[CH-]C(C)(C)CC1(C)C.Cc1cccc(C(C)C)c1[N+]1=CC(C)(C)CC1(C)C.FB(F)F.[Cl][Ru]([Cl])=[CH]c1ccccc1.[Cl][Ru]([Cl])=[CH]c1ccccc1.[F-].[Li+].c1ccc([PH+](c2ccccc2)c2ccccc2)cc1.c1ccc([PH+](c2ccccc2)c2ccccc2)cc1. The molecule has 2 saturated heterocycles. The van der Waals surface area contributed by atoms with E-state index in [1.54, 1.807) is 0 Å². The molecule has 0 atom stereocenters. The minimum absolute atomic E-state index is 0. The number of hydrogen-bond donors (Lipinski definition) is 0.